The predicted octanol–water partition coefficient (Wildman–Crippen LogP) is 4.80. The first-order valence-electron chi connectivity index (χ1n) is 9.11. The molecule has 0 spiro atoms. The fourth-order valence-electron chi connectivity index (χ4n) is 2.40. The third-order valence-electron chi connectivity index (χ3n) is 4.24. The number of nitrogens with two attached hydrogens (primary N) is 1. The van der Waals surface area contributed by atoms with Gasteiger partial charge in [0.25, 0.3) is 0 Å². The molecule has 1 aromatic heterocycles. The summed E-state index contributed by atoms with van der Waals surface area (Å²) in [6.07, 6.45) is 0. The van der Waals surface area contributed by atoms with Gasteiger partial charge in [-0.05, 0) is 11.5 Å². The molecule has 0 radical (unpaired) electrons. The van der Waals surface area contributed by atoms with Crippen molar-refractivity contribution in [2.24, 2.45) is 11.7 Å². The minimum Gasteiger partial charge on any atom is -0.476 e. The molecule has 27 heavy (non-hydrogen) atoms. The van der Waals surface area contributed by atoms with E-state index in [0.29, 0.717) is 23.6 Å². The van der Waals surface area contributed by atoms with Crippen molar-refractivity contribution in [3.8, 4) is 17.1 Å². The summed E-state index contributed by atoms with van der Waals surface area (Å²) < 4.78 is 5.89. The van der Waals surface area contributed by atoms with Crippen molar-refractivity contribution >= 4 is 11.8 Å². The van der Waals surface area contributed by atoms with Gasteiger partial charge in [-0.2, -0.15) is 4.98 Å². The lowest BCUT2D eigenvalue weighted by molar-refractivity contribution is 0.249. The van der Waals surface area contributed by atoms with Crippen LogP contribution >= 0.6 is 11.8 Å². The van der Waals surface area contributed by atoms with E-state index in [0.717, 1.165) is 17.0 Å². The number of thioether (sulfide) groups is 1. The molecular formula is C22H25N3OS. The molecule has 0 amide bonds. The lowest BCUT2D eigenvalue weighted by atomic mass is 10.1. The Morgan fingerprint density at radius 2 is 1.63 bits per heavy atom. The summed E-state index contributed by atoms with van der Waals surface area (Å²) in [4.78, 5) is 9.30. The molecule has 1 heterocycles. The smallest absolute Gasteiger partial charge is 0.217 e. The normalized spacial score (nSPS) is 12.1. The Morgan fingerprint density at radius 1 is 0.963 bits per heavy atom. The van der Waals surface area contributed by atoms with Gasteiger partial charge in [0.15, 0.2) is 5.16 Å². The van der Waals surface area contributed by atoms with Crippen molar-refractivity contribution < 1.29 is 4.74 Å². The van der Waals surface area contributed by atoms with Crippen LogP contribution in [0.1, 0.15) is 19.4 Å². The maximum absolute atomic E-state index is 6.11. The van der Waals surface area contributed by atoms with E-state index < -0.39 is 0 Å². The van der Waals surface area contributed by atoms with Crippen LogP contribution in [0.15, 0.2) is 71.9 Å². The molecule has 2 aromatic carbocycles. The third-order valence-corrected chi connectivity index (χ3v) is 5.16. The molecule has 3 aromatic rings. The Kier molecular flexibility index (Phi) is 6.85. The van der Waals surface area contributed by atoms with Gasteiger partial charge >= 0.3 is 0 Å². The molecule has 4 nitrogen and oxygen atoms in total. The van der Waals surface area contributed by atoms with Gasteiger partial charge in [0.2, 0.25) is 5.88 Å². The Hall–Kier alpha value is -2.37. The maximum atomic E-state index is 6.11. The summed E-state index contributed by atoms with van der Waals surface area (Å²) >= 11 is 1.60. The zero-order chi connectivity index (χ0) is 19.1. The number of hydrogen-bond acceptors (Lipinski definition) is 5. The van der Waals surface area contributed by atoms with Crippen LogP contribution in [0.25, 0.3) is 11.3 Å². The fourth-order valence-corrected chi connectivity index (χ4v) is 3.20. The molecule has 0 aliphatic rings. The second kappa shape index (κ2) is 9.53. The molecule has 1 unspecified atom stereocenters. The summed E-state index contributed by atoms with van der Waals surface area (Å²) in [6, 6.07) is 22.2. The quantitative estimate of drug-likeness (QED) is 0.450. The SMILES string of the molecule is CC(C)C(N)COc1cc(-c2ccccc2)nc(SCc2ccccc2)n1. The Bertz CT molecular complexity index is 841. The van der Waals surface area contributed by atoms with Crippen LogP contribution in [-0.2, 0) is 5.75 Å². The molecule has 3 rings (SSSR count). The van der Waals surface area contributed by atoms with E-state index >= 15 is 0 Å². The Balaban J connectivity index is 1.81. The number of nitrogens with zero attached hydrogens (tertiary/aromatic N) is 2. The van der Waals surface area contributed by atoms with Crippen LogP contribution in [0.2, 0.25) is 0 Å². The van der Waals surface area contributed by atoms with Gasteiger partial charge in [-0.3, -0.25) is 0 Å². The number of ether oxygens (including phenoxy) is 1. The molecule has 0 saturated carbocycles. The van der Waals surface area contributed by atoms with Gasteiger partial charge in [0, 0.05) is 23.4 Å². The molecule has 2 N–H and O–H groups in total. The highest BCUT2D eigenvalue weighted by Crippen LogP contribution is 2.26. The maximum Gasteiger partial charge on any atom is 0.217 e. The van der Waals surface area contributed by atoms with Crippen molar-refractivity contribution in [3.63, 3.8) is 0 Å². The van der Waals surface area contributed by atoms with E-state index in [1.54, 1.807) is 11.8 Å². The van der Waals surface area contributed by atoms with Gasteiger partial charge in [-0.15, -0.1) is 0 Å². The largest absolute Gasteiger partial charge is 0.476 e. The standard InChI is InChI=1S/C22H25N3OS/c1-16(2)19(23)14-26-21-13-20(18-11-7-4-8-12-18)24-22(25-21)27-15-17-9-5-3-6-10-17/h3-13,16,19H,14-15,23H2,1-2H3. The van der Waals surface area contributed by atoms with E-state index in [1.165, 1.54) is 5.56 Å². The summed E-state index contributed by atoms with van der Waals surface area (Å²) in [5.74, 6) is 1.73. The molecule has 0 saturated heterocycles. The molecule has 0 aliphatic carbocycles. The molecule has 0 fully saturated rings. The predicted molar refractivity (Wildman–Crippen MR) is 112 cm³/mol. The zero-order valence-electron chi connectivity index (χ0n) is 15.7. The van der Waals surface area contributed by atoms with Crippen molar-refractivity contribution in [3.05, 3.63) is 72.3 Å². The first-order valence-corrected chi connectivity index (χ1v) is 10.1. The van der Waals surface area contributed by atoms with E-state index in [2.05, 4.69) is 31.0 Å². The monoisotopic (exact) mass is 379 g/mol. The molecular weight excluding hydrogens is 354 g/mol. The summed E-state index contributed by atoms with van der Waals surface area (Å²) in [5, 5.41) is 0.702. The Labute approximate surface area is 165 Å². The van der Waals surface area contributed by atoms with Gasteiger partial charge in [0.05, 0.1) is 5.69 Å². The number of aromatic nitrogens is 2. The van der Waals surface area contributed by atoms with Crippen LogP contribution in [-0.4, -0.2) is 22.6 Å². The molecule has 0 aliphatic heterocycles. The van der Waals surface area contributed by atoms with Crippen LogP contribution in [0.4, 0.5) is 0 Å². The lowest BCUT2D eigenvalue weighted by Crippen LogP contribution is -2.33. The number of rotatable bonds is 8. The molecule has 140 valence electrons. The minimum atomic E-state index is -0.0273. The van der Waals surface area contributed by atoms with Crippen LogP contribution in [0, 0.1) is 5.92 Å². The van der Waals surface area contributed by atoms with E-state index in [9.17, 15) is 0 Å². The van der Waals surface area contributed by atoms with Crippen molar-refractivity contribution in [2.45, 2.75) is 30.8 Å². The lowest BCUT2D eigenvalue weighted by Gasteiger charge is -2.16. The number of hydrogen-bond donors (Lipinski definition) is 1. The second-order valence-corrected chi connectivity index (χ2v) is 7.68. The minimum absolute atomic E-state index is 0.0273. The summed E-state index contributed by atoms with van der Waals surface area (Å²) in [7, 11) is 0. The van der Waals surface area contributed by atoms with Gasteiger partial charge in [-0.1, -0.05) is 86.3 Å². The third kappa shape index (κ3) is 5.81. The fraction of sp³-hybridized carbons (Fsp3) is 0.273. The first kappa shape index (κ1) is 19.4. The molecule has 0 bridgehead atoms. The first-order chi connectivity index (χ1) is 13.1. The highest BCUT2D eigenvalue weighted by Gasteiger charge is 2.12. The Morgan fingerprint density at radius 3 is 2.30 bits per heavy atom. The van der Waals surface area contributed by atoms with Crippen molar-refractivity contribution in [2.75, 3.05) is 6.61 Å². The highest BCUT2D eigenvalue weighted by atomic mass is 32.2. The van der Waals surface area contributed by atoms with E-state index in [4.69, 9.17) is 15.5 Å². The van der Waals surface area contributed by atoms with Gasteiger partial charge < -0.3 is 10.5 Å². The summed E-state index contributed by atoms with van der Waals surface area (Å²) in [5.41, 5.74) is 9.25. The van der Waals surface area contributed by atoms with Crippen LogP contribution in [0.3, 0.4) is 0 Å². The zero-order valence-corrected chi connectivity index (χ0v) is 16.5. The van der Waals surface area contributed by atoms with Gasteiger partial charge in [0.1, 0.15) is 6.61 Å². The van der Waals surface area contributed by atoms with Crippen molar-refractivity contribution in [1.29, 1.82) is 0 Å². The second-order valence-electron chi connectivity index (χ2n) is 6.73. The van der Waals surface area contributed by atoms with Gasteiger partial charge in [-0.25, -0.2) is 4.98 Å². The average molecular weight is 380 g/mol. The molecule has 5 heteroatoms. The number of benzene rings is 2. The van der Waals surface area contributed by atoms with Crippen LogP contribution < -0.4 is 10.5 Å². The van der Waals surface area contributed by atoms with Crippen molar-refractivity contribution in [1.82, 2.24) is 9.97 Å². The average Bonchev–Trinajstić information content (AvgIpc) is 2.71. The van der Waals surface area contributed by atoms with E-state index in [-0.39, 0.29) is 6.04 Å². The molecule has 1 atom stereocenters. The van der Waals surface area contributed by atoms with Crippen LogP contribution in [0.5, 0.6) is 5.88 Å². The van der Waals surface area contributed by atoms with E-state index in [1.807, 2.05) is 54.6 Å². The topological polar surface area (TPSA) is 61.0 Å². The summed E-state index contributed by atoms with van der Waals surface area (Å²) in [6.45, 7) is 4.61. The highest BCUT2D eigenvalue weighted by molar-refractivity contribution is 7.98.